The maximum absolute atomic E-state index is 11.8. The van der Waals surface area contributed by atoms with E-state index in [1.54, 1.807) is 0 Å². The molecule has 0 aromatic rings. The summed E-state index contributed by atoms with van der Waals surface area (Å²) in [6.45, 7) is 5.54. The van der Waals surface area contributed by atoms with Crippen molar-refractivity contribution >= 4 is 5.78 Å². The maximum atomic E-state index is 11.8. The molecular formula is C12H20O2. The second kappa shape index (κ2) is 4.74. The van der Waals surface area contributed by atoms with E-state index in [0.717, 1.165) is 31.3 Å². The van der Waals surface area contributed by atoms with E-state index in [2.05, 4.69) is 6.58 Å². The van der Waals surface area contributed by atoms with E-state index in [1.165, 1.54) is 0 Å². The van der Waals surface area contributed by atoms with Crippen molar-refractivity contribution in [3.63, 3.8) is 0 Å². The van der Waals surface area contributed by atoms with Gasteiger partial charge >= 0.3 is 0 Å². The molecule has 80 valence electrons. The normalized spacial score (nSPS) is 21.3. The van der Waals surface area contributed by atoms with E-state index < -0.39 is 5.60 Å². The summed E-state index contributed by atoms with van der Waals surface area (Å²) in [5.41, 5.74) is -0.206. The maximum Gasteiger partial charge on any atom is 0.168 e. The lowest BCUT2D eigenvalue weighted by atomic mass is 9.87. The minimum Gasteiger partial charge on any atom is -0.382 e. The zero-order valence-corrected chi connectivity index (χ0v) is 9.01. The molecule has 0 saturated heterocycles. The number of hydrogen-bond donors (Lipinski definition) is 1. The first-order valence-electron chi connectivity index (χ1n) is 5.45. The highest BCUT2D eigenvalue weighted by molar-refractivity contribution is 5.88. The van der Waals surface area contributed by atoms with Crippen molar-refractivity contribution in [2.75, 3.05) is 0 Å². The van der Waals surface area contributed by atoms with Crippen molar-refractivity contribution in [1.29, 1.82) is 0 Å². The summed E-state index contributed by atoms with van der Waals surface area (Å²) in [6, 6.07) is 0. The Balaban J connectivity index is 2.61. The molecule has 0 aromatic carbocycles. The van der Waals surface area contributed by atoms with Crippen molar-refractivity contribution in [3.8, 4) is 0 Å². The van der Waals surface area contributed by atoms with Crippen LogP contribution in [0.5, 0.6) is 0 Å². The lowest BCUT2D eigenvalue weighted by molar-refractivity contribution is -0.137. The van der Waals surface area contributed by atoms with Crippen LogP contribution in [-0.2, 0) is 4.79 Å². The predicted octanol–water partition coefficient (Wildman–Crippen LogP) is 2.61. The first-order chi connectivity index (χ1) is 6.54. The van der Waals surface area contributed by atoms with Crippen LogP contribution in [0.3, 0.4) is 0 Å². The molecule has 0 unspecified atom stereocenters. The smallest absolute Gasteiger partial charge is 0.168 e. The Labute approximate surface area is 86.0 Å². The van der Waals surface area contributed by atoms with Gasteiger partial charge in [0.05, 0.1) is 0 Å². The molecule has 2 nitrogen and oxygen atoms in total. The second-order valence-corrected chi connectivity index (χ2v) is 4.50. The highest BCUT2D eigenvalue weighted by Crippen LogP contribution is 2.29. The minimum atomic E-state index is -1.05. The van der Waals surface area contributed by atoms with Gasteiger partial charge in [0, 0.05) is 6.42 Å². The molecule has 1 saturated carbocycles. The molecule has 14 heavy (non-hydrogen) atoms. The van der Waals surface area contributed by atoms with Crippen LogP contribution in [0, 0.1) is 0 Å². The fourth-order valence-corrected chi connectivity index (χ4v) is 2.03. The van der Waals surface area contributed by atoms with Crippen molar-refractivity contribution in [3.05, 3.63) is 12.2 Å². The van der Waals surface area contributed by atoms with Crippen LogP contribution in [-0.4, -0.2) is 16.5 Å². The van der Waals surface area contributed by atoms with Gasteiger partial charge in [-0.15, -0.1) is 0 Å². The van der Waals surface area contributed by atoms with Gasteiger partial charge in [0.2, 0.25) is 0 Å². The number of carbonyl (C=O) groups excluding carboxylic acids is 1. The van der Waals surface area contributed by atoms with Gasteiger partial charge in [-0.25, -0.2) is 0 Å². The number of allylic oxidation sites excluding steroid dienone is 1. The topological polar surface area (TPSA) is 37.3 Å². The monoisotopic (exact) mass is 196 g/mol. The Morgan fingerprint density at radius 2 is 1.79 bits per heavy atom. The molecule has 0 radical (unpaired) electrons. The van der Waals surface area contributed by atoms with Crippen LogP contribution in [0.4, 0.5) is 0 Å². The van der Waals surface area contributed by atoms with Gasteiger partial charge < -0.3 is 5.11 Å². The van der Waals surface area contributed by atoms with Crippen LogP contribution in [0.25, 0.3) is 0 Å². The van der Waals surface area contributed by atoms with Crippen LogP contribution in [0.1, 0.15) is 51.9 Å². The Morgan fingerprint density at radius 3 is 2.21 bits per heavy atom. The summed E-state index contributed by atoms with van der Waals surface area (Å²) in [4.78, 5) is 11.8. The molecule has 1 aliphatic rings. The van der Waals surface area contributed by atoms with E-state index in [4.69, 9.17) is 0 Å². The molecular weight excluding hydrogens is 176 g/mol. The summed E-state index contributed by atoms with van der Waals surface area (Å²) in [5, 5.41) is 10.2. The van der Waals surface area contributed by atoms with Crippen LogP contribution in [0.15, 0.2) is 12.2 Å². The third-order valence-electron chi connectivity index (χ3n) is 2.91. The molecule has 1 aliphatic carbocycles. The van der Waals surface area contributed by atoms with Gasteiger partial charge in [-0.1, -0.05) is 37.8 Å². The molecule has 0 heterocycles. The summed E-state index contributed by atoms with van der Waals surface area (Å²) in [7, 11) is 0. The molecule has 2 heteroatoms. The summed E-state index contributed by atoms with van der Waals surface area (Å²) >= 11 is 0. The van der Waals surface area contributed by atoms with Gasteiger partial charge in [-0.3, -0.25) is 4.79 Å². The highest BCUT2D eigenvalue weighted by atomic mass is 16.3. The molecule has 0 amide bonds. The van der Waals surface area contributed by atoms with Crippen LogP contribution in [0.2, 0.25) is 0 Å². The Morgan fingerprint density at radius 1 is 1.29 bits per heavy atom. The quantitative estimate of drug-likeness (QED) is 0.556. The van der Waals surface area contributed by atoms with E-state index in [1.807, 2.05) is 6.92 Å². The largest absolute Gasteiger partial charge is 0.382 e. The van der Waals surface area contributed by atoms with Crippen LogP contribution < -0.4 is 0 Å². The fourth-order valence-electron chi connectivity index (χ4n) is 2.03. The molecule has 1 rings (SSSR count). The number of hydrogen-bond acceptors (Lipinski definition) is 2. The van der Waals surface area contributed by atoms with E-state index in [0.29, 0.717) is 19.3 Å². The minimum absolute atomic E-state index is 0.0353. The molecule has 0 aliphatic heterocycles. The predicted molar refractivity (Wildman–Crippen MR) is 57.1 cm³/mol. The van der Waals surface area contributed by atoms with Crippen molar-refractivity contribution in [1.82, 2.24) is 0 Å². The van der Waals surface area contributed by atoms with Crippen LogP contribution >= 0.6 is 0 Å². The van der Waals surface area contributed by atoms with Gasteiger partial charge in [0.25, 0.3) is 0 Å². The van der Waals surface area contributed by atoms with E-state index >= 15 is 0 Å². The summed E-state index contributed by atoms with van der Waals surface area (Å²) in [6.07, 6.45) is 5.83. The Bertz CT molecular complexity index is 222. The first-order valence-corrected chi connectivity index (χ1v) is 5.45. The third-order valence-corrected chi connectivity index (χ3v) is 2.91. The number of carbonyl (C=O) groups is 1. The number of Topliss-reactive ketones (excluding diaryl/α,β-unsaturated/α-hetero) is 1. The number of aliphatic hydroxyl groups is 1. The summed E-state index contributed by atoms with van der Waals surface area (Å²) < 4.78 is 0. The fraction of sp³-hybridized carbons (Fsp3) is 0.750. The lowest BCUT2D eigenvalue weighted by Crippen LogP contribution is -2.38. The standard InChI is InChI=1S/C12H20O2/c1-10(2)9-11(13)12(14)7-5-3-4-6-8-12/h14H,1,3-9H2,2H3. The van der Waals surface area contributed by atoms with Gasteiger partial charge in [0.15, 0.2) is 5.78 Å². The molecule has 0 atom stereocenters. The molecule has 0 bridgehead atoms. The SMILES string of the molecule is C=C(C)CC(=O)C1(O)CCCCCC1. The number of rotatable bonds is 3. The van der Waals surface area contributed by atoms with Crippen molar-refractivity contribution < 1.29 is 9.90 Å². The zero-order valence-electron chi connectivity index (χ0n) is 9.01. The van der Waals surface area contributed by atoms with Gasteiger partial charge in [0.1, 0.15) is 5.60 Å². The second-order valence-electron chi connectivity index (χ2n) is 4.50. The first kappa shape index (κ1) is 11.4. The van der Waals surface area contributed by atoms with Crippen molar-refractivity contribution in [2.45, 2.75) is 57.5 Å². The Hall–Kier alpha value is -0.630. The average molecular weight is 196 g/mol. The van der Waals surface area contributed by atoms with Gasteiger partial charge in [-0.05, 0) is 19.8 Å². The van der Waals surface area contributed by atoms with Gasteiger partial charge in [-0.2, -0.15) is 0 Å². The lowest BCUT2D eigenvalue weighted by Gasteiger charge is -2.24. The average Bonchev–Trinajstić information content (AvgIpc) is 2.30. The summed E-state index contributed by atoms with van der Waals surface area (Å²) in [5.74, 6) is -0.0353. The zero-order chi connectivity index (χ0) is 10.6. The van der Waals surface area contributed by atoms with E-state index in [9.17, 15) is 9.90 Å². The third kappa shape index (κ3) is 2.95. The molecule has 0 aromatic heterocycles. The molecule has 0 spiro atoms. The molecule has 1 fully saturated rings. The highest BCUT2D eigenvalue weighted by Gasteiger charge is 2.35. The Kier molecular flexibility index (Phi) is 3.87. The van der Waals surface area contributed by atoms with Crippen molar-refractivity contribution in [2.24, 2.45) is 0 Å². The number of ketones is 1. The molecule has 1 N–H and O–H groups in total. The van der Waals surface area contributed by atoms with E-state index in [-0.39, 0.29) is 5.78 Å².